The Labute approximate surface area is 111 Å². The van der Waals surface area contributed by atoms with Crippen LogP contribution in [-0.2, 0) is 19.4 Å². The molecule has 1 N–H and O–H groups in total. The molecule has 1 saturated heterocycles. The van der Waals surface area contributed by atoms with E-state index in [2.05, 4.69) is 0 Å². The molecule has 1 rings (SSSR count). The van der Waals surface area contributed by atoms with Crippen LogP contribution in [0.4, 0.5) is 0 Å². The summed E-state index contributed by atoms with van der Waals surface area (Å²) in [6.07, 6.45) is 0.871. The van der Waals surface area contributed by atoms with Crippen molar-refractivity contribution in [2.45, 2.75) is 24.6 Å². The molecule has 1 amide bonds. The fraction of sp³-hybridized carbons (Fsp3) is 0.800. The second-order valence-electron chi connectivity index (χ2n) is 4.33. The number of hydrogen-bond acceptors (Lipinski definition) is 5. The number of amides is 1. The first-order valence-electron chi connectivity index (χ1n) is 5.52. The summed E-state index contributed by atoms with van der Waals surface area (Å²) in [5.41, 5.74) is 0. The largest absolute Gasteiger partial charge is 0.481 e. The van der Waals surface area contributed by atoms with Crippen LogP contribution in [0.15, 0.2) is 0 Å². The Morgan fingerprint density at radius 1 is 1.50 bits per heavy atom. The second kappa shape index (κ2) is 5.92. The molecule has 1 aliphatic rings. The van der Waals surface area contributed by atoms with Crippen LogP contribution in [-0.4, -0.2) is 65.9 Å². The molecule has 0 radical (unpaired) electrons. The molecule has 1 fully saturated rings. The van der Waals surface area contributed by atoms with E-state index >= 15 is 0 Å². The van der Waals surface area contributed by atoms with Crippen LogP contribution in [0.1, 0.15) is 13.3 Å². The fourth-order valence-electron chi connectivity index (χ4n) is 1.73. The highest BCUT2D eigenvalue weighted by molar-refractivity contribution is 7.99. The third-order valence-electron chi connectivity index (χ3n) is 2.91. The Kier molecular flexibility index (Phi) is 5.03. The van der Waals surface area contributed by atoms with Gasteiger partial charge in [-0.25, -0.2) is 8.42 Å². The Morgan fingerprint density at radius 3 is 2.61 bits per heavy atom. The predicted octanol–water partition coefficient (Wildman–Crippen LogP) is -0.162. The molecule has 0 aromatic carbocycles. The molecule has 104 valence electrons. The lowest BCUT2D eigenvalue weighted by atomic mass is 10.2. The van der Waals surface area contributed by atoms with Gasteiger partial charge in [-0.2, -0.15) is 11.8 Å². The van der Waals surface area contributed by atoms with E-state index in [1.54, 1.807) is 11.8 Å². The van der Waals surface area contributed by atoms with Crippen LogP contribution in [0, 0.1) is 0 Å². The summed E-state index contributed by atoms with van der Waals surface area (Å²) in [5.74, 6) is -0.233. The third kappa shape index (κ3) is 3.88. The maximum atomic E-state index is 12.1. The van der Waals surface area contributed by atoms with Gasteiger partial charge in [0.25, 0.3) is 0 Å². The van der Waals surface area contributed by atoms with Gasteiger partial charge in [-0.05, 0) is 6.92 Å². The highest BCUT2D eigenvalue weighted by Gasteiger charge is 2.34. The molecule has 1 aliphatic heterocycles. The normalized spacial score (nSPS) is 22.6. The zero-order chi connectivity index (χ0) is 13.9. The standard InChI is InChI=1S/C10H17NO5S2/c1-7(18(2,15)16)10(14)11-3-4-17-6-8(11)5-9(12)13/h7-8H,3-6H2,1-2H3,(H,12,13). The number of sulfone groups is 1. The van der Waals surface area contributed by atoms with Gasteiger partial charge in [0.2, 0.25) is 5.91 Å². The lowest BCUT2D eigenvalue weighted by Crippen LogP contribution is -2.51. The Bertz CT molecular complexity index is 434. The molecule has 0 bridgehead atoms. The number of hydrogen-bond donors (Lipinski definition) is 1. The van der Waals surface area contributed by atoms with E-state index in [1.807, 2.05) is 0 Å². The molecule has 2 unspecified atom stereocenters. The van der Waals surface area contributed by atoms with Crippen molar-refractivity contribution in [2.75, 3.05) is 24.3 Å². The topological polar surface area (TPSA) is 91.8 Å². The van der Waals surface area contributed by atoms with Crippen LogP contribution >= 0.6 is 11.8 Å². The number of carbonyl (C=O) groups excluding carboxylic acids is 1. The molecular weight excluding hydrogens is 278 g/mol. The number of aliphatic carboxylic acids is 1. The van der Waals surface area contributed by atoms with E-state index in [1.165, 1.54) is 11.8 Å². The average molecular weight is 295 g/mol. The van der Waals surface area contributed by atoms with Crippen molar-refractivity contribution < 1.29 is 23.1 Å². The molecule has 0 spiro atoms. The van der Waals surface area contributed by atoms with Gasteiger partial charge in [-0.3, -0.25) is 9.59 Å². The van der Waals surface area contributed by atoms with Gasteiger partial charge in [0, 0.05) is 24.3 Å². The zero-order valence-electron chi connectivity index (χ0n) is 10.3. The smallest absolute Gasteiger partial charge is 0.305 e. The molecule has 0 aliphatic carbocycles. The SMILES string of the molecule is CC(C(=O)N1CCSCC1CC(=O)O)S(C)(=O)=O. The van der Waals surface area contributed by atoms with Gasteiger partial charge in [0.1, 0.15) is 5.25 Å². The molecule has 6 nitrogen and oxygen atoms in total. The first-order valence-corrected chi connectivity index (χ1v) is 8.63. The van der Waals surface area contributed by atoms with E-state index in [4.69, 9.17) is 5.11 Å². The molecule has 18 heavy (non-hydrogen) atoms. The molecular formula is C10H17NO5S2. The average Bonchev–Trinajstić information content (AvgIpc) is 2.26. The number of nitrogens with zero attached hydrogens (tertiary/aromatic N) is 1. The van der Waals surface area contributed by atoms with Gasteiger partial charge in [-0.1, -0.05) is 0 Å². The molecule has 8 heteroatoms. The van der Waals surface area contributed by atoms with Crippen LogP contribution < -0.4 is 0 Å². The number of carboxylic acid groups (broad SMARTS) is 1. The first-order chi connectivity index (χ1) is 8.23. The van der Waals surface area contributed by atoms with E-state index in [-0.39, 0.29) is 6.42 Å². The van der Waals surface area contributed by atoms with Gasteiger partial charge >= 0.3 is 5.97 Å². The minimum Gasteiger partial charge on any atom is -0.481 e. The van der Waals surface area contributed by atoms with Gasteiger partial charge < -0.3 is 10.0 Å². The summed E-state index contributed by atoms with van der Waals surface area (Å²) in [4.78, 5) is 24.2. The molecule has 0 aromatic rings. The lowest BCUT2D eigenvalue weighted by molar-refractivity contribution is -0.140. The van der Waals surface area contributed by atoms with E-state index in [9.17, 15) is 18.0 Å². The van der Waals surface area contributed by atoms with Gasteiger partial charge in [0.15, 0.2) is 9.84 Å². The summed E-state index contributed by atoms with van der Waals surface area (Å²) in [6.45, 7) is 1.75. The molecule has 2 atom stereocenters. The number of rotatable bonds is 4. The predicted molar refractivity (Wildman–Crippen MR) is 69.4 cm³/mol. The fourth-order valence-corrected chi connectivity index (χ4v) is 3.30. The van der Waals surface area contributed by atoms with E-state index < -0.39 is 33.0 Å². The molecule has 0 saturated carbocycles. The van der Waals surface area contributed by atoms with Crippen molar-refractivity contribution in [3.8, 4) is 0 Å². The van der Waals surface area contributed by atoms with Crippen molar-refractivity contribution >= 4 is 33.5 Å². The monoisotopic (exact) mass is 295 g/mol. The summed E-state index contributed by atoms with van der Waals surface area (Å²) >= 11 is 1.58. The highest BCUT2D eigenvalue weighted by atomic mass is 32.2. The summed E-state index contributed by atoms with van der Waals surface area (Å²) in [6, 6.07) is -0.419. The van der Waals surface area contributed by atoms with Gasteiger partial charge in [0.05, 0.1) is 12.5 Å². The minimum absolute atomic E-state index is 0.144. The number of carboxylic acids is 1. The highest BCUT2D eigenvalue weighted by Crippen LogP contribution is 2.21. The van der Waals surface area contributed by atoms with Crippen molar-refractivity contribution in [2.24, 2.45) is 0 Å². The molecule has 0 aromatic heterocycles. The third-order valence-corrected chi connectivity index (χ3v) is 5.49. The van der Waals surface area contributed by atoms with Crippen LogP contribution in [0.2, 0.25) is 0 Å². The van der Waals surface area contributed by atoms with E-state index in [0.29, 0.717) is 18.1 Å². The van der Waals surface area contributed by atoms with Crippen LogP contribution in [0.3, 0.4) is 0 Å². The lowest BCUT2D eigenvalue weighted by Gasteiger charge is -2.35. The van der Waals surface area contributed by atoms with Crippen molar-refractivity contribution in [3.05, 3.63) is 0 Å². The summed E-state index contributed by atoms with van der Waals surface area (Å²) in [7, 11) is -3.45. The van der Waals surface area contributed by atoms with Crippen molar-refractivity contribution in [1.82, 2.24) is 4.90 Å². The quantitative estimate of drug-likeness (QED) is 0.775. The minimum atomic E-state index is -3.45. The Balaban J connectivity index is 2.83. The number of thioether (sulfide) groups is 1. The summed E-state index contributed by atoms with van der Waals surface area (Å²) in [5, 5.41) is 7.68. The van der Waals surface area contributed by atoms with Crippen molar-refractivity contribution in [3.63, 3.8) is 0 Å². The Hall–Kier alpha value is -0.760. The maximum absolute atomic E-state index is 12.1. The maximum Gasteiger partial charge on any atom is 0.305 e. The zero-order valence-corrected chi connectivity index (χ0v) is 12.0. The molecule has 1 heterocycles. The first kappa shape index (κ1) is 15.3. The van der Waals surface area contributed by atoms with Gasteiger partial charge in [-0.15, -0.1) is 0 Å². The number of carbonyl (C=O) groups is 2. The van der Waals surface area contributed by atoms with E-state index in [0.717, 1.165) is 6.26 Å². The van der Waals surface area contributed by atoms with Crippen LogP contribution in [0.5, 0.6) is 0 Å². The Morgan fingerprint density at radius 2 is 2.11 bits per heavy atom. The van der Waals surface area contributed by atoms with Crippen molar-refractivity contribution in [1.29, 1.82) is 0 Å². The van der Waals surface area contributed by atoms with Crippen LogP contribution in [0.25, 0.3) is 0 Å². The summed E-state index contributed by atoms with van der Waals surface area (Å²) < 4.78 is 22.8. The second-order valence-corrected chi connectivity index (χ2v) is 7.85.